The molecule has 1 saturated heterocycles. The van der Waals surface area contributed by atoms with Crippen molar-refractivity contribution in [2.24, 2.45) is 0 Å². The summed E-state index contributed by atoms with van der Waals surface area (Å²) in [6.07, 6.45) is 6.86. The third-order valence-corrected chi connectivity index (χ3v) is 10.2. The summed E-state index contributed by atoms with van der Waals surface area (Å²) in [6, 6.07) is 13.4. The van der Waals surface area contributed by atoms with Gasteiger partial charge in [0.2, 0.25) is 12.5 Å². The molecule has 0 radical (unpaired) electrons. The summed E-state index contributed by atoms with van der Waals surface area (Å²) in [4.78, 5) is 35.1. The van der Waals surface area contributed by atoms with E-state index in [4.69, 9.17) is 32.9 Å². The van der Waals surface area contributed by atoms with Gasteiger partial charge >= 0.3 is 6.01 Å². The largest absolute Gasteiger partial charge is 0.462 e. The standard InChI is InChI=1S/C35H42ClN7O2/c1-5-25(40(4)26-12-9-13-26)23-45-35-38-30-22-41(31-15-8-11-24-10-7-14-29(36)33(24)31)17-16-28(30)34(39-35)42-18-19-43(32(44)6-2)27(21-42)20-37-3/h6-8,10-11,14-15,25-27H,2,5,9,12-13,16-23H2,1,4H3/t25-,27?/m0/s1. The summed E-state index contributed by atoms with van der Waals surface area (Å²) in [5.74, 6) is 0.717. The van der Waals surface area contributed by atoms with Crippen molar-refractivity contribution in [2.45, 2.75) is 63.7 Å². The van der Waals surface area contributed by atoms with Crippen LogP contribution in [-0.2, 0) is 17.8 Å². The van der Waals surface area contributed by atoms with Crippen molar-refractivity contribution >= 4 is 39.8 Å². The van der Waals surface area contributed by atoms with Gasteiger partial charge in [-0.05, 0) is 56.3 Å². The summed E-state index contributed by atoms with van der Waals surface area (Å²) >= 11 is 6.73. The first-order chi connectivity index (χ1) is 21.9. The summed E-state index contributed by atoms with van der Waals surface area (Å²) in [5.41, 5.74) is 3.14. The van der Waals surface area contributed by atoms with Crippen LogP contribution >= 0.6 is 11.6 Å². The van der Waals surface area contributed by atoms with E-state index in [9.17, 15) is 4.79 Å². The number of hydrogen-bond acceptors (Lipinski definition) is 7. The van der Waals surface area contributed by atoms with Crippen molar-refractivity contribution in [3.8, 4) is 6.01 Å². The maximum absolute atomic E-state index is 12.6. The van der Waals surface area contributed by atoms with E-state index in [1.165, 1.54) is 25.3 Å². The fourth-order valence-corrected chi connectivity index (χ4v) is 7.24. The van der Waals surface area contributed by atoms with E-state index in [-0.39, 0.29) is 24.5 Å². The number of hydrogen-bond donors (Lipinski definition) is 0. The molecule has 1 aliphatic carbocycles. The van der Waals surface area contributed by atoms with Crippen LogP contribution in [-0.4, -0.2) is 90.2 Å². The first kappa shape index (κ1) is 31.1. The van der Waals surface area contributed by atoms with Gasteiger partial charge in [0.05, 0.1) is 17.3 Å². The van der Waals surface area contributed by atoms with Crippen LogP contribution in [0.1, 0.15) is 43.9 Å². The van der Waals surface area contributed by atoms with E-state index in [0.717, 1.165) is 57.9 Å². The van der Waals surface area contributed by atoms with Gasteiger partial charge in [-0.2, -0.15) is 9.97 Å². The zero-order valence-electron chi connectivity index (χ0n) is 26.3. The number of anilines is 2. The third-order valence-electron chi connectivity index (χ3n) is 9.84. The molecule has 3 heterocycles. The molecule has 45 heavy (non-hydrogen) atoms. The van der Waals surface area contributed by atoms with Gasteiger partial charge in [0.25, 0.3) is 0 Å². The summed E-state index contributed by atoms with van der Waals surface area (Å²) in [7, 11) is 2.20. The number of nitrogens with zero attached hydrogens (tertiary/aromatic N) is 7. The van der Waals surface area contributed by atoms with Crippen LogP contribution in [0.25, 0.3) is 15.6 Å². The second kappa shape index (κ2) is 13.6. The molecule has 1 aromatic heterocycles. The number of benzene rings is 2. The van der Waals surface area contributed by atoms with Crippen LogP contribution in [0.5, 0.6) is 6.01 Å². The Morgan fingerprint density at radius 1 is 1.20 bits per heavy atom. The first-order valence-corrected chi connectivity index (χ1v) is 16.5. The molecular weight excluding hydrogens is 586 g/mol. The van der Waals surface area contributed by atoms with Gasteiger partial charge in [0, 0.05) is 54.9 Å². The molecule has 2 aromatic carbocycles. The van der Waals surface area contributed by atoms with Crippen LogP contribution in [0.3, 0.4) is 0 Å². The van der Waals surface area contributed by atoms with Crippen LogP contribution in [0.4, 0.5) is 11.5 Å². The van der Waals surface area contributed by atoms with Gasteiger partial charge in [-0.1, -0.05) is 55.8 Å². The molecule has 2 atom stereocenters. The highest BCUT2D eigenvalue weighted by Crippen LogP contribution is 2.37. The highest BCUT2D eigenvalue weighted by Gasteiger charge is 2.35. The predicted octanol–water partition coefficient (Wildman–Crippen LogP) is 5.61. The van der Waals surface area contributed by atoms with E-state index >= 15 is 0 Å². The lowest BCUT2D eigenvalue weighted by Crippen LogP contribution is -2.56. The number of amides is 1. The Morgan fingerprint density at radius 2 is 2.00 bits per heavy atom. The normalized spacial score (nSPS) is 19.2. The quantitative estimate of drug-likeness (QED) is 0.214. The Kier molecular flexibility index (Phi) is 9.43. The molecule has 3 aromatic rings. The number of piperazine rings is 1. The lowest BCUT2D eigenvalue weighted by molar-refractivity contribution is -0.128. The zero-order valence-corrected chi connectivity index (χ0v) is 27.0. The second-order valence-corrected chi connectivity index (χ2v) is 12.7. The molecule has 236 valence electrons. The van der Waals surface area contributed by atoms with Crippen LogP contribution < -0.4 is 14.5 Å². The number of aromatic nitrogens is 2. The number of rotatable bonds is 10. The smallest absolute Gasteiger partial charge is 0.318 e. The first-order valence-electron chi connectivity index (χ1n) is 16.1. The van der Waals surface area contributed by atoms with Gasteiger partial charge in [0.1, 0.15) is 18.5 Å². The molecule has 9 nitrogen and oxygen atoms in total. The molecule has 0 N–H and O–H groups in total. The molecular formula is C35H42ClN7O2. The molecule has 0 bridgehead atoms. The van der Waals surface area contributed by atoms with Crippen molar-refractivity contribution in [3.63, 3.8) is 0 Å². The van der Waals surface area contributed by atoms with Crippen molar-refractivity contribution in [1.82, 2.24) is 19.8 Å². The fraction of sp³-hybridized carbons (Fsp3) is 0.486. The second-order valence-electron chi connectivity index (χ2n) is 12.3. The highest BCUT2D eigenvalue weighted by atomic mass is 35.5. The SMILES string of the molecule is [C-]#[N+]CC1CN(c2nc(OC[C@H](CC)N(C)C3CCC3)nc3c2CCN(c2cccc4cccc(Cl)c24)C3)CCN1C(=O)C=C. The minimum Gasteiger partial charge on any atom is -0.462 e. The summed E-state index contributed by atoms with van der Waals surface area (Å²) in [5, 5.41) is 2.89. The number of carbonyl (C=O) groups is 1. The molecule has 0 spiro atoms. The van der Waals surface area contributed by atoms with E-state index < -0.39 is 0 Å². The third kappa shape index (κ3) is 6.31. The molecule has 1 unspecified atom stereocenters. The zero-order chi connectivity index (χ0) is 31.5. The topological polar surface area (TPSA) is 69.4 Å². The van der Waals surface area contributed by atoms with Crippen molar-refractivity contribution in [2.75, 3.05) is 56.2 Å². The van der Waals surface area contributed by atoms with Gasteiger partial charge in [0.15, 0.2) is 0 Å². The fourth-order valence-electron chi connectivity index (χ4n) is 6.96. The number of fused-ring (bicyclic) bond motifs is 2. The maximum Gasteiger partial charge on any atom is 0.318 e. The number of likely N-dealkylation sites (N-methyl/N-ethyl adjacent to an activating group) is 1. The van der Waals surface area contributed by atoms with Gasteiger partial charge in [-0.15, -0.1) is 0 Å². The molecule has 3 aliphatic rings. The molecule has 10 heteroatoms. The predicted molar refractivity (Wildman–Crippen MR) is 180 cm³/mol. The van der Waals surface area contributed by atoms with Gasteiger partial charge in [-0.3, -0.25) is 9.69 Å². The lowest BCUT2D eigenvalue weighted by atomic mass is 9.90. The molecule has 2 fully saturated rings. The molecule has 1 amide bonds. The van der Waals surface area contributed by atoms with Crippen LogP contribution in [0, 0.1) is 6.57 Å². The van der Waals surface area contributed by atoms with Gasteiger partial charge in [-0.25, -0.2) is 6.57 Å². The Labute approximate surface area is 271 Å². The van der Waals surface area contributed by atoms with E-state index in [0.29, 0.717) is 44.8 Å². The van der Waals surface area contributed by atoms with Crippen LogP contribution in [0.15, 0.2) is 49.1 Å². The minimum absolute atomic E-state index is 0.136. The van der Waals surface area contributed by atoms with Crippen molar-refractivity contribution in [3.05, 3.63) is 76.8 Å². The number of ether oxygens (including phenoxy) is 1. The van der Waals surface area contributed by atoms with Gasteiger partial charge < -0.3 is 24.3 Å². The van der Waals surface area contributed by atoms with E-state index in [1.807, 2.05) is 12.1 Å². The van der Waals surface area contributed by atoms with E-state index in [2.05, 4.69) is 64.4 Å². The average Bonchev–Trinajstić information content (AvgIpc) is 3.03. The lowest BCUT2D eigenvalue weighted by Gasteiger charge is -2.41. The highest BCUT2D eigenvalue weighted by molar-refractivity contribution is 6.36. The number of carbonyl (C=O) groups excluding carboxylic acids is 1. The Hall–Kier alpha value is -3.87. The summed E-state index contributed by atoms with van der Waals surface area (Å²) in [6.45, 7) is 17.2. The average molecular weight is 628 g/mol. The maximum atomic E-state index is 12.6. The molecule has 2 aliphatic heterocycles. The Bertz CT molecular complexity index is 1600. The molecule has 6 rings (SSSR count). The summed E-state index contributed by atoms with van der Waals surface area (Å²) < 4.78 is 6.42. The van der Waals surface area contributed by atoms with Crippen molar-refractivity contribution in [1.29, 1.82) is 0 Å². The van der Waals surface area contributed by atoms with Crippen molar-refractivity contribution < 1.29 is 9.53 Å². The monoisotopic (exact) mass is 627 g/mol. The Morgan fingerprint density at radius 3 is 2.71 bits per heavy atom. The molecule has 1 saturated carbocycles. The van der Waals surface area contributed by atoms with Crippen LogP contribution in [0.2, 0.25) is 5.02 Å². The van der Waals surface area contributed by atoms with E-state index in [1.54, 1.807) is 4.90 Å². The Balaban J connectivity index is 1.33. The number of halogens is 1. The minimum atomic E-state index is -0.241.